The van der Waals surface area contributed by atoms with Crippen LogP contribution in [0.25, 0.3) is 0 Å². The minimum Gasteiger partial charge on any atom is -0.387 e. The molecule has 0 radical (unpaired) electrons. The smallest absolute Gasteiger partial charge is 0.387 e. The van der Waals surface area contributed by atoms with Crippen LogP contribution in [-0.4, -0.2) is 73.4 Å². The third-order valence-electron chi connectivity index (χ3n) is 9.67. The molecule has 0 aromatic rings. The van der Waals surface area contributed by atoms with Gasteiger partial charge in [-0.2, -0.15) is 0 Å². The van der Waals surface area contributed by atoms with Gasteiger partial charge in [0.05, 0.1) is 39.9 Å². The summed E-state index contributed by atoms with van der Waals surface area (Å²) in [5.41, 5.74) is 0. The molecule has 0 saturated carbocycles. The van der Waals surface area contributed by atoms with E-state index in [0.717, 1.165) is 38.5 Å². The lowest BCUT2D eigenvalue weighted by Gasteiger charge is -2.25. The summed E-state index contributed by atoms with van der Waals surface area (Å²) in [7, 11) is 1.56. The number of phosphoric ester groups is 1. The lowest BCUT2D eigenvalue weighted by molar-refractivity contribution is -0.870. The summed E-state index contributed by atoms with van der Waals surface area (Å²) >= 11 is 0. The molecule has 8 nitrogen and oxygen atoms in total. The number of aliphatic hydroxyl groups is 1. The van der Waals surface area contributed by atoms with E-state index in [9.17, 15) is 19.4 Å². The standard InChI is InChI=1S/C43H85N2O6P/c1-6-8-10-12-14-16-18-20-21-22-23-24-25-26-28-30-32-34-36-42(46)41(40-51-52(48,49)50-39-38-45(3,4)5)44-43(47)37-35-33-31-29-27-19-17-15-13-11-9-7-2/h26,28,34,36,41-42,46H,6-25,27,29-33,35,37-40H2,1-5H3,(H-,44,47,48,49)/p+1/b28-26+,36-34+. The second-order valence-electron chi connectivity index (χ2n) is 16.1. The number of aliphatic hydroxyl groups excluding tert-OH is 1. The highest BCUT2D eigenvalue weighted by molar-refractivity contribution is 7.47. The summed E-state index contributed by atoms with van der Waals surface area (Å²) in [5, 5.41) is 13.8. The molecular weight excluding hydrogens is 671 g/mol. The third kappa shape index (κ3) is 37.3. The Morgan fingerprint density at radius 1 is 0.635 bits per heavy atom. The van der Waals surface area contributed by atoms with E-state index in [0.29, 0.717) is 17.4 Å². The summed E-state index contributed by atoms with van der Waals surface area (Å²) < 4.78 is 23.5. The highest BCUT2D eigenvalue weighted by Gasteiger charge is 2.27. The molecule has 0 aromatic heterocycles. The van der Waals surface area contributed by atoms with Crippen LogP contribution in [0.3, 0.4) is 0 Å². The zero-order chi connectivity index (χ0) is 38.6. The number of amides is 1. The Hall–Kier alpha value is -1.02. The van der Waals surface area contributed by atoms with E-state index < -0.39 is 20.0 Å². The molecule has 0 aliphatic carbocycles. The van der Waals surface area contributed by atoms with Gasteiger partial charge in [-0.25, -0.2) is 4.57 Å². The van der Waals surface area contributed by atoms with Crippen LogP contribution in [0, 0.1) is 0 Å². The summed E-state index contributed by atoms with van der Waals surface area (Å²) in [4.78, 5) is 23.0. The van der Waals surface area contributed by atoms with Crippen molar-refractivity contribution in [2.24, 2.45) is 0 Å². The molecule has 9 heteroatoms. The fourth-order valence-electron chi connectivity index (χ4n) is 6.17. The van der Waals surface area contributed by atoms with E-state index in [4.69, 9.17) is 9.05 Å². The van der Waals surface area contributed by atoms with Gasteiger partial charge < -0.3 is 19.8 Å². The van der Waals surface area contributed by atoms with Crippen molar-refractivity contribution in [2.75, 3.05) is 40.9 Å². The minimum absolute atomic E-state index is 0.0581. The molecule has 0 spiro atoms. The predicted octanol–water partition coefficient (Wildman–Crippen LogP) is 11.7. The van der Waals surface area contributed by atoms with Gasteiger partial charge >= 0.3 is 7.82 Å². The number of hydrogen-bond donors (Lipinski definition) is 3. The summed E-state index contributed by atoms with van der Waals surface area (Å²) in [6, 6.07) is -0.857. The highest BCUT2D eigenvalue weighted by Crippen LogP contribution is 2.43. The Labute approximate surface area is 322 Å². The van der Waals surface area contributed by atoms with Gasteiger partial charge in [0, 0.05) is 6.42 Å². The molecule has 0 saturated heterocycles. The van der Waals surface area contributed by atoms with Gasteiger partial charge in [0.1, 0.15) is 13.2 Å². The lowest BCUT2D eigenvalue weighted by Crippen LogP contribution is -2.45. The SMILES string of the molecule is CCCCCCCCCCCCCC/C=C/CC/C=C/C(O)C(COP(=O)(O)OCC[N+](C)(C)C)NC(=O)CCCCCCCCCCCCCC. The monoisotopic (exact) mass is 758 g/mol. The van der Waals surface area contributed by atoms with Gasteiger partial charge in [-0.15, -0.1) is 0 Å². The number of quaternary nitrogens is 1. The fourth-order valence-corrected chi connectivity index (χ4v) is 6.91. The number of phosphoric acid groups is 1. The van der Waals surface area contributed by atoms with E-state index in [-0.39, 0.29) is 19.1 Å². The maximum atomic E-state index is 12.8. The second kappa shape index (κ2) is 35.7. The van der Waals surface area contributed by atoms with Crippen LogP contribution in [0.2, 0.25) is 0 Å². The van der Waals surface area contributed by atoms with Crippen molar-refractivity contribution in [1.29, 1.82) is 0 Å². The number of carbonyl (C=O) groups is 1. The Morgan fingerprint density at radius 3 is 1.54 bits per heavy atom. The number of nitrogens with one attached hydrogen (secondary N) is 1. The van der Waals surface area contributed by atoms with Crippen molar-refractivity contribution < 1.29 is 32.9 Å². The van der Waals surface area contributed by atoms with E-state index in [2.05, 4.69) is 31.3 Å². The van der Waals surface area contributed by atoms with Gasteiger partial charge in [-0.3, -0.25) is 13.8 Å². The van der Waals surface area contributed by atoms with E-state index in [1.165, 1.54) is 135 Å². The molecule has 52 heavy (non-hydrogen) atoms. The molecule has 3 unspecified atom stereocenters. The van der Waals surface area contributed by atoms with Crippen molar-refractivity contribution >= 4 is 13.7 Å². The molecule has 3 atom stereocenters. The Bertz CT molecular complexity index is 907. The van der Waals surface area contributed by atoms with Crippen molar-refractivity contribution in [1.82, 2.24) is 5.32 Å². The Balaban J connectivity index is 4.47. The number of nitrogens with zero attached hydrogens (tertiary/aromatic N) is 1. The Kier molecular flexibility index (Phi) is 35.0. The molecule has 1 amide bonds. The van der Waals surface area contributed by atoms with Crippen molar-refractivity contribution in [2.45, 2.75) is 206 Å². The highest BCUT2D eigenvalue weighted by atomic mass is 31.2. The number of hydrogen-bond acceptors (Lipinski definition) is 5. The fraction of sp³-hybridized carbons (Fsp3) is 0.884. The molecule has 308 valence electrons. The minimum atomic E-state index is -4.34. The molecule has 0 heterocycles. The zero-order valence-electron chi connectivity index (χ0n) is 34.8. The Morgan fingerprint density at radius 2 is 1.06 bits per heavy atom. The van der Waals surface area contributed by atoms with Gasteiger partial charge in [0.15, 0.2) is 0 Å². The molecule has 0 aliphatic rings. The average Bonchev–Trinajstić information content (AvgIpc) is 3.09. The number of unbranched alkanes of at least 4 members (excludes halogenated alkanes) is 24. The summed E-state index contributed by atoms with van der Waals surface area (Å²) in [5.74, 6) is -0.187. The van der Waals surface area contributed by atoms with Crippen LogP contribution >= 0.6 is 7.82 Å². The molecule has 0 bridgehead atoms. The maximum Gasteiger partial charge on any atom is 0.472 e. The molecular formula is C43H86N2O6P+. The largest absolute Gasteiger partial charge is 0.472 e. The first kappa shape index (κ1) is 51.0. The lowest BCUT2D eigenvalue weighted by atomic mass is 10.0. The van der Waals surface area contributed by atoms with Gasteiger partial charge in [-0.1, -0.05) is 179 Å². The van der Waals surface area contributed by atoms with Crippen molar-refractivity contribution in [3.63, 3.8) is 0 Å². The first-order chi connectivity index (χ1) is 25.0. The van der Waals surface area contributed by atoms with Crippen molar-refractivity contribution in [3.05, 3.63) is 24.3 Å². The van der Waals surface area contributed by atoms with Crippen LogP contribution in [0.5, 0.6) is 0 Å². The normalized spacial score (nSPS) is 14.7. The number of likely N-dealkylation sites (N-methyl/N-ethyl adjacent to an activating group) is 1. The topological polar surface area (TPSA) is 105 Å². The molecule has 0 aromatic carbocycles. The van der Waals surface area contributed by atoms with Crippen LogP contribution in [-0.2, 0) is 18.4 Å². The average molecular weight is 758 g/mol. The summed E-state index contributed by atoms with van der Waals surface area (Å²) in [6.07, 6.45) is 41.0. The number of allylic oxidation sites excluding steroid dienone is 3. The molecule has 0 aliphatic heterocycles. The van der Waals surface area contributed by atoms with E-state index >= 15 is 0 Å². The predicted molar refractivity (Wildman–Crippen MR) is 221 cm³/mol. The zero-order valence-corrected chi connectivity index (χ0v) is 35.7. The van der Waals surface area contributed by atoms with Crippen LogP contribution in [0.15, 0.2) is 24.3 Å². The van der Waals surface area contributed by atoms with Gasteiger partial charge in [-0.05, 0) is 32.1 Å². The maximum absolute atomic E-state index is 12.8. The van der Waals surface area contributed by atoms with Crippen molar-refractivity contribution in [3.8, 4) is 0 Å². The van der Waals surface area contributed by atoms with E-state index in [1.54, 1.807) is 6.08 Å². The first-order valence-corrected chi connectivity index (χ1v) is 23.2. The second-order valence-corrected chi connectivity index (χ2v) is 17.5. The van der Waals surface area contributed by atoms with Crippen LogP contribution < -0.4 is 5.32 Å². The number of carbonyl (C=O) groups excluding carboxylic acids is 1. The quantitative estimate of drug-likeness (QED) is 0.0250. The third-order valence-corrected chi connectivity index (χ3v) is 10.7. The van der Waals surface area contributed by atoms with Gasteiger partial charge in [0.2, 0.25) is 5.91 Å². The first-order valence-electron chi connectivity index (χ1n) is 21.7. The molecule has 3 N–H and O–H groups in total. The summed E-state index contributed by atoms with van der Waals surface area (Å²) in [6.45, 7) is 4.79. The molecule has 0 rings (SSSR count). The van der Waals surface area contributed by atoms with E-state index in [1.807, 2.05) is 27.2 Å². The van der Waals surface area contributed by atoms with Gasteiger partial charge in [0.25, 0.3) is 0 Å². The number of rotatable bonds is 39. The van der Waals surface area contributed by atoms with Crippen LogP contribution in [0.1, 0.15) is 194 Å². The van der Waals surface area contributed by atoms with Crippen LogP contribution in [0.4, 0.5) is 0 Å². The molecule has 0 fully saturated rings.